The Balaban J connectivity index is 2.01. The van der Waals surface area contributed by atoms with Gasteiger partial charge < -0.3 is 5.11 Å². The number of hydrogen-bond acceptors (Lipinski definition) is 3. The minimum Gasteiger partial charge on any atom is -0.478 e. The van der Waals surface area contributed by atoms with Gasteiger partial charge in [0.15, 0.2) is 5.78 Å². The average Bonchev–Trinajstić information content (AvgIpc) is 2.93. The summed E-state index contributed by atoms with van der Waals surface area (Å²) in [5, 5.41) is 14.1. The van der Waals surface area contributed by atoms with Crippen molar-refractivity contribution in [1.82, 2.24) is 9.78 Å². The van der Waals surface area contributed by atoms with Gasteiger partial charge in [-0.3, -0.25) is 9.48 Å². The first-order valence-electron chi connectivity index (χ1n) is 8.33. The molecule has 5 nitrogen and oxygen atoms in total. The second-order valence-corrected chi connectivity index (χ2v) is 6.43. The maximum atomic E-state index is 12.6. The summed E-state index contributed by atoms with van der Waals surface area (Å²) in [5.74, 6) is -1.22. The molecule has 2 aromatic carbocycles. The summed E-state index contributed by atoms with van der Waals surface area (Å²) in [7, 11) is 1.67. The molecule has 0 amide bonds. The van der Waals surface area contributed by atoms with Crippen molar-refractivity contribution in [2.75, 3.05) is 0 Å². The third kappa shape index (κ3) is 3.42. The van der Waals surface area contributed by atoms with Gasteiger partial charge in [0.1, 0.15) is 11.3 Å². The van der Waals surface area contributed by atoms with Crippen molar-refractivity contribution < 1.29 is 14.7 Å². The number of hydrogen-bond donors (Lipinski definition) is 1. The van der Waals surface area contributed by atoms with Crippen molar-refractivity contribution in [3.8, 4) is 11.3 Å². The third-order valence-electron chi connectivity index (χ3n) is 4.41. The molecule has 1 N–H and O–H groups in total. The summed E-state index contributed by atoms with van der Waals surface area (Å²) in [6, 6.07) is 14.8. The van der Waals surface area contributed by atoms with Gasteiger partial charge in [-0.05, 0) is 13.8 Å². The van der Waals surface area contributed by atoms with Gasteiger partial charge in [-0.2, -0.15) is 5.10 Å². The quantitative estimate of drug-likeness (QED) is 0.711. The number of rotatable bonds is 5. The molecule has 3 rings (SSSR count). The first-order valence-corrected chi connectivity index (χ1v) is 8.33. The average molecular weight is 348 g/mol. The fourth-order valence-electron chi connectivity index (χ4n) is 2.89. The summed E-state index contributed by atoms with van der Waals surface area (Å²) in [6.45, 7) is 3.91. The molecule has 0 aliphatic rings. The Bertz CT molecular complexity index is 968. The van der Waals surface area contributed by atoms with Crippen molar-refractivity contribution in [2.45, 2.75) is 20.3 Å². The van der Waals surface area contributed by atoms with E-state index < -0.39 is 5.97 Å². The monoisotopic (exact) mass is 348 g/mol. The molecule has 0 atom stereocenters. The summed E-state index contributed by atoms with van der Waals surface area (Å²) >= 11 is 0. The van der Waals surface area contributed by atoms with Gasteiger partial charge in [0.05, 0.1) is 12.1 Å². The smallest absolute Gasteiger partial charge is 0.339 e. The number of carboxylic acids is 1. The number of carbonyl (C=O) groups excluding carboxylic acids is 1. The van der Waals surface area contributed by atoms with Crippen LogP contribution in [0.1, 0.15) is 37.5 Å². The van der Waals surface area contributed by atoms with Crippen LogP contribution in [0, 0.1) is 13.8 Å². The highest BCUT2D eigenvalue weighted by molar-refractivity contribution is 6.01. The largest absolute Gasteiger partial charge is 0.478 e. The number of Topliss-reactive ketones (excluding diaryl/α,β-unsaturated/α-hetero) is 1. The van der Waals surface area contributed by atoms with Crippen LogP contribution in [-0.2, 0) is 13.5 Å². The lowest BCUT2D eigenvalue weighted by atomic mass is 10.00. The van der Waals surface area contributed by atoms with Gasteiger partial charge in [0.2, 0.25) is 0 Å². The maximum absolute atomic E-state index is 12.6. The summed E-state index contributed by atoms with van der Waals surface area (Å²) in [5.41, 5.74) is 4.29. The number of ketones is 1. The number of aromatic carboxylic acids is 1. The molecule has 0 saturated carbocycles. The van der Waals surface area contributed by atoms with Gasteiger partial charge in [-0.25, -0.2) is 4.79 Å². The van der Waals surface area contributed by atoms with E-state index in [1.54, 1.807) is 19.2 Å². The molecule has 132 valence electrons. The van der Waals surface area contributed by atoms with Crippen LogP contribution in [0.2, 0.25) is 0 Å². The number of benzene rings is 2. The minimum absolute atomic E-state index is 0.0138. The Morgan fingerprint density at radius 2 is 1.50 bits per heavy atom. The predicted molar refractivity (Wildman–Crippen MR) is 99.6 cm³/mol. The molecule has 1 heterocycles. The van der Waals surface area contributed by atoms with E-state index in [0.717, 1.165) is 16.7 Å². The molecule has 0 bridgehead atoms. The van der Waals surface area contributed by atoms with Crippen molar-refractivity contribution in [3.63, 3.8) is 0 Å². The molecule has 3 aromatic rings. The molecule has 0 radical (unpaired) electrons. The lowest BCUT2D eigenvalue weighted by Gasteiger charge is -2.05. The SMILES string of the molecule is Cc1ccc(C(=O)Cc2c(C(=O)O)c(-c3ccc(C)cc3)nn2C)cc1. The molecule has 0 spiro atoms. The lowest BCUT2D eigenvalue weighted by molar-refractivity contribution is 0.0696. The van der Waals surface area contributed by atoms with E-state index in [2.05, 4.69) is 5.10 Å². The number of nitrogens with zero attached hydrogens (tertiary/aromatic N) is 2. The Hall–Kier alpha value is -3.21. The van der Waals surface area contributed by atoms with Crippen LogP contribution < -0.4 is 0 Å². The maximum Gasteiger partial charge on any atom is 0.339 e. The molecule has 5 heteroatoms. The zero-order chi connectivity index (χ0) is 18.8. The zero-order valence-corrected chi connectivity index (χ0v) is 15.0. The van der Waals surface area contributed by atoms with Crippen LogP contribution in [0.3, 0.4) is 0 Å². The Kier molecular flexibility index (Phi) is 4.71. The van der Waals surface area contributed by atoms with Gasteiger partial charge in [0.25, 0.3) is 0 Å². The fraction of sp³-hybridized carbons (Fsp3) is 0.190. The molecule has 1 aromatic heterocycles. The van der Waals surface area contributed by atoms with Crippen LogP contribution in [0.25, 0.3) is 11.3 Å². The van der Waals surface area contributed by atoms with Gasteiger partial charge in [-0.15, -0.1) is 0 Å². The number of carboxylic acid groups (broad SMARTS) is 1. The standard InChI is InChI=1S/C21H20N2O3/c1-13-4-8-15(9-5-13)18(24)12-17-19(21(25)26)20(22-23(17)3)16-10-6-14(2)7-11-16/h4-11H,12H2,1-3H3,(H,25,26). The minimum atomic E-state index is -1.08. The summed E-state index contributed by atoms with van der Waals surface area (Å²) < 4.78 is 1.49. The van der Waals surface area contributed by atoms with E-state index in [9.17, 15) is 14.7 Å². The normalized spacial score (nSPS) is 10.7. The van der Waals surface area contributed by atoms with E-state index in [1.165, 1.54) is 4.68 Å². The molecule has 0 aliphatic carbocycles. The van der Waals surface area contributed by atoms with Crippen LogP contribution in [-0.4, -0.2) is 26.6 Å². The van der Waals surface area contributed by atoms with E-state index in [1.807, 2.05) is 50.2 Å². The molecule has 26 heavy (non-hydrogen) atoms. The topological polar surface area (TPSA) is 72.2 Å². The van der Waals surface area contributed by atoms with Crippen LogP contribution in [0.15, 0.2) is 48.5 Å². The third-order valence-corrected chi connectivity index (χ3v) is 4.41. The molecular formula is C21H20N2O3. The number of carbonyl (C=O) groups is 2. The van der Waals surface area contributed by atoms with Crippen LogP contribution in [0.5, 0.6) is 0 Å². The summed E-state index contributed by atoms with van der Waals surface area (Å²) in [6.07, 6.45) is -0.0138. The van der Waals surface area contributed by atoms with Gasteiger partial charge in [-0.1, -0.05) is 59.7 Å². The highest BCUT2D eigenvalue weighted by Crippen LogP contribution is 2.26. The molecule has 0 aliphatic heterocycles. The van der Waals surface area contributed by atoms with Crippen molar-refractivity contribution in [1.29, 1.82) is 0 Å². The first-order chi connectivity index (χ1) is 12.4. The lowest BCUT2D eigenvalue weighted by Crippen LogP contribution is -2.12. The fourth-order valence-corrected chi connectivity index (χ4v) is 2.89. The van der Waals surface area contributed by atoms with E-state index >= 15 is 0 Å². The molecular weight excluding hydrogens is 328 g/mol. The molecule has 0 saturated heterocycles. The Labute approximate surface area is 151 Å². The second-order valence-electron chi connectivity index (χ2n) is 6.43. The van der Waals surface area contributed by atoms with E-state index in [-0.39, 0.29) is 17.8 Å². The van der Waals surface area contributed by atoms with Crippen LogP contribution >= 0.6 is 0 Å². The summed E-state index contributed by atoms with van der Waals surface area (Å²) in [4.78, 5) is 24.5. The zero-order valence-electron chi connectivity index (χ0n) is 15.0. The van der Waals surface area contributed by atoms with Crippen molar-refractivity contribution in [2.24, 2.45) is 7.05 Å². The van der Waals surface area contributed by atoms with E-state index in [0.29, 0.717) is 17.0 Å². The van der Waals surface area contributed by atoms with Crippen molar-refractivity contribution >= 4 is 11.8 Å². The van der Waals surface area contributed by atoms with Crippen LogP contribution in [0.4, 0.5) is 0 Å². The second kappa shape index (κ2) is 6.96. The van der Waals surface area contributed by atoms with Gasteiger partial charge >= 0.3 is 5.97 Å². The Morgan fingerprint density at radius 3 is 2.04 bits per heavy atom. The first kappa shape index (κ1) is 17.6. The molecule has 0 unspecified atom stereocenters. The predicted octanol–water partition coefficient (Wildman–Crippen LogP) is 3.83. The Morgan fingerprint density at radius 1 is 0.962 bits per heavy atom. The highest BCUT2D eigenvalue weighted by Gasteiger charge is 2.25. The van der Waals surface area contributed by atoms with E-state index in [4.69, 9.17) is 0 Å². The van der Waals surface area contributed by atoms with Gasteiger partial charge in [0, 0.05) is 18.2 Å². The number of aryl methyl sites for hydroxylation is 3. The molecule has 0 fully saturated rings. The number of aromatic nitrogens is 2. The van der Waals surface area contributed by atoms with Crippen molar-refractivity contribution in [3.05, 3.63) is 76.5 Å². The highest BCUT2D eigenvalue weighted by atomic mass is 16.4.